The number of likely N-dealkylation sites (tertiary alicyclic amines) is 1. The SMILES string of the molecule is CC1(C(=O)O)CCCN(C(=O)COCCc2ccccc2)C1. The third kappa shape index (κ3) is 4.31. The molecule has 5 nitrogen and oxygen atoms in total. The summed E-state index contributed by atoms with van der Waals surface area (Å²) in [7, 11) is 0. The molecule has 1 unspecified atom stereocenters. The molecule has 1 aliphatic heterocycles. The van der Waals surface area contributed by atoms with Crippen LogP contribution >= 0.6 is 0 Å². The Morgan fingerprint density at radius 1 is 1.32 bits per heavy atom. The molecule has 1 amide bonds. The minimum atomic E-state index is -0.838. The molecule has 1 atom stereocenters. The third-order valence-corrected chi connectivity index (χ3v) is 4.17. The van der Waals surface area contributed by atoms with Gasteiger partial charge in [0.1, 0.15) is 6.61 Å². The Morgan fingerprint density at radius 3 is 2.73 bits per heavy atom. The summed E-state index contributed by atoms with van der Waals surface area (Å²) in [4.78, 5) is 25.0. The van der Waals surface area contributed by atoms with E-state index in [1.54, 1.807) is 11.8 Å². The number of amides is 1. The first kappa shape index (κ1) is 16.5. The third-order valence-electron chi connectivity index (χ3n) is 4.17. The summed E-state index contributed by atoms with van der Waals surface area (Å²) in [6.45, 7) is 3.08. The van der Waals surface area contributed by atoms with Crippen molar-refractivity contribution in [3.05, 3.63) is 35.9 Å². The van der Waals surface area contributed by atoms with Crippen molar-refractivity contribution in [2.75, 3.05) is 26.3 Å². The molecule has 120 valence electrons. The van der Waals surface area contributed by atoms with Crippen molar-refractivity contribution in [1.29, 1.82) is 0 Å². The fourth-order valence-electron chi connectivity index (χ4n) is 2.71. The number of carbonyl (C=O) groups excluding carboxylic acids is 1. The van der Waals surface area contributed by atoms with Crippen LogP contribution < -0.4 is 0 Å². The first-order chi connectivity index (χ1) is 10.5. The van der Waals surface area contributed by atoms with Gasteiger partial charge in [-0.25, -0.2) is 0 Å². The van der Waals surface area contributed by atoms with Crippen LogP contribution in [0.5, 0.6) is 0 Å². The number of hydrogen-bond donors (Lipinski definition) is 1. The van der Waals surface area contributed by atoms with Gasteiger partial charge in [0.2, 0.25) is 5.91 Å². The molecule has 1 aliphatic rings. The zero-order valence-electron chi connectivity index (χ0n) is 13.0. The lowest BCUT2D eigenvalue weighted by Gasteiger charge is -2.37. The molecule has 2 rings (SSSR count). The fourth-order valence-corrected chi connectivity index (χ4v) is 2.71. The Labute approximate surface area is 130 Å². The number of benzene rings is 1. The van der Waals surface area contributed by atoms with Crippen LogP contribution in [0.1, 0.15) is 25.3 Å². The van der Waals surface area contributed by atoms with Crippen LogP contribution in [0.15, 0.2) is 30.3 Å². The summed E-state index contributed by atoms with van der Waals surface area (Å²) in [5, 5.41) is 9.27. The van der Waals surface area contributed by atoms with E-state index in [0.29, 0.717) is 19.6 Å². The standard InChI is InChI=1S/C17H23NO4/c1-17(16(20)21)9-5-10-18(13-17)15(19)12-22-11-8-14-6-3-2-4-7-14/h2-4,6-7H,5,8-13H2,1H3,(H,20,21). The van der Waals surface area contributed by atoms with Crippen molar-refractivity contribution in [1.82, 2.24) is 4.90 Å². The van der Waals surface area contributed by atoms with Gasteiger partial charge in [-0.1, -0.05) is 30.3 Å². The molecule has 1 aromatic rings. The van der Waals surface area contributed by atoms with Gasteiger partial charge >= 0.3 is 5.97 Å². The Hall–Kier alpha value is -1.88. The van der Waals surface area contributed by atoms with Crippen molar-refractivity contribution in [3.8, 4) is 0 Å². The van der Waals surface area contributed by atoms with E-state index in [2.05, 4.69) is 0 Å². The Kier molecular flexibility index (Phi) is 5.55. The van der Waals surface area contributed by atoms with Crippen molar-refractivity contribution in [3.63, 3.8) is 0 Å². The number of rotatable bonds is 6. The van der Waals surface area contributed by atoms with E-state index in [4.69, 9.17) is 4.74 Å². The van der Waals surface area contributed by atoms with Gasteiger partial charge in [-0.2, -0.15) is 0 Å². The lowest BCUT2D eigenvalue weighted by molar-refractivity contribution is -0.154. The maximum absolute atomic E-state index is 12.1. The lowest BCUT2D eigenvalue weighted by atomic mass is 9.82. The number of piperidine rings is 1. The van der Waals surface area contributed by atoms with Crippen LogP contribution in [-0.2, 0) is 20.7 Å². The van der Waals surface area contributed by atoms with E-state index >= 15 is 0 Å². The number of hydrogen-bond acceptors (Lipinski definition) is 3. The van der Waals surface area contributed by atoms with Gasteiger partial charge in [0, 0.05) is 13.1 Å². The summed E-state index contributed by atoms with van der Waals surface area (Å²) < 4.78 is 5.44. The highest BCUT2D eigenvalue weighted by Crippen LogP contribution is 2.29. The van der Waals surface area contributed by atoms with Crippen LogP contribution in [-0.4, -0.2) is 48.2 Å². The minimum Gasteiger partial charge on any atom is -0.481 e. The molecule has 0 saturated carbocycles. The van der Waals surface area contributed by atoms with Crippen LogP contribution in [0.25, 0.3) is 0 Å². The first-order valence-corrected chi connectivity index (χ1v) is 7.64. The zero-order chi connectivity index (χ0) is 16.0. The largest absolute Gasteiger partial charge is 0.481 e. The Balaban J connectivity index is 1.74. The van der Waals surface area contributed by atoms with Gasteiger partial charge in [0.25, 0.3) is 0 Å². The molecule has 0 aliphatic carbocycles. The van der Waals surface area contributed by atoms with Gasteiger partial charge in [-0.3, -0.25) is 9.59 Å². The monoisotopic (exact) mass is 305 g/mol. The molecule has 22 heavy (non-hydrogen) atoms. The quantitative estimate of drug-likeness (QED) is 0.816. The molecule has 1 N–H and O–H groups in total. The average Bonchev–Trinajstić information content (AvgIpc) is 2.52. The fraction of sp³-hybridized carbons (Fsp3) is 0.529. The zero-order valence-corrected chi connectivity index (χ0v) is 13.0. The predicted octanol–water partition coefficient (Wildman–Crippen LogP) is 1.96. The van der Waals surface area contributed by atoms with E-state index in [1.807, 2.05) is 30.3 Å². The van der Waals surface area contributed by atoms with Crippen LogP contribution in [0.2, 0.25) is 0 Å². The van der Waals surface area contributed by atoms with Crippen LogP contribution in [0.4, 0.5) is 0 Å². The summed E-state index contributed by atoms with van der Waals surface area (Å²) in [6, 6.07) is 9.95. The normalized spacial score (nSPS) is 21.6. The van der Waals surface area contributed by atoms with Crippen LogP contribution in [0, 0.1) is 5.41 Å². The maximum Gasteiger partial charge on any atom is 0.311 e. The molecule has 1 aromatic carbocycles. The molecule has 1 fully saturated rings. The minimum absolute atomic E-state index is 0.0164. The topological polar surface area (TPSA) is 66.8 Å². The molecule has 0 radical (unpaired) electrons. The molecule has 5 heteroatoms. The summed E-state index contributed by atoms with van der Waals surface area (Å²) in [5.41, 5.74) is 0.337. The van der Waals surface area contributed by atoms with E-state index in [-0.39, 0.29) is 19.1 Å². The van der Waals surface area contributed by atoms with Crippen LogP contribution in [0.3, 0.4) is 0 Å². The van der Waals surface area contributed by atoms with Gasteiger partial charge in [-0.15, -0.1) is 0 Å². The first-order valence-electron chi connectivity index (χ1n) is 7.64. The van der Waals surface area contributed by atoms with Crippen molar-refractivity contribution in [2.24, 2.45) is 5.41 Å². The number of carbonyl (C=O) groups is 2. The van der Waals surface area contributed by atoms with Gasteiger partial charge in [0.15, 0.2) is 0 Å². The predicted molar refractivity (Wildman–Crippen MR) is 82.5 cm³/mol. The Bertz CT molecular complexity index is 517. The highest BCUT2D eigenvalue weighted by atomic mass is 16.5. The van der Waals surface area contributed by atoms with E-state index < -0.39 is 11.4 Å². The molecular formula is C17H23NO4. The number of aliphatic carboxylic acids is 1. The van der Waals surface area contributed by atoms with Gasteiger partial charge < -0.3 is 14.7 Å². The summed E-state index contributed by atoms with van der Waals surface area (Å²) in [6.07, 6.45) is 2.10. The van der Waals surface area contributed by atoms with Crippen molar-refractivity contribution < 1.29 is 19.4 Å². The molecular weight excluding hydrogens is 282 g/mol. The number of carboxylic acid groups (broad SMARTS) is 1. The summed E-state index contributed by atoms with van der Waals surface area (Å²) >= 11 is 0. The molecule has 0 spiro atoms. The number of carboxylic acids is 1. The van der Waals surface area contributed by atoms with Gasteiger partial charge in [-0.05, 0) is 31.7 Å². The molecule has 0 bridgehead atoms. The van der Waals surface area contributed by atoms with Crippen molar-refractivity contribution >= 4 is 11.9 Å². The number of ether oxygens (including phenoxy) is 1. The second-order valence-electron chi connectivity index (χ2n) is 6.07. The van der Waals surface area contributed by atoms with Crippen molar-refractivity contribution in [2.45, 2.75) is 26.2 Å². The number of nitrogens with zero attached hydrogens (tertiary/aromatic N) is 1. The average molecular weight is 305 g/mol. The second kappa shape index (κ2) is 7.40. The van der Waals surface area contributed by atoms with E-state index in [9.17, 15) is 14.7 Å². The summed E-state index contributed by atoms with van der Waals surface area (Å²) in [5.74, 6) is -0.963. The van der Waals surface area contributed by atoms with E-state index in [0.717, 1.165) is 12.8 Å². The molecule has 1 saturated heterocycles. The highest BCUT2D eigenvalue weighted by molar-refractivity contribution is 5.80. The van der Waals surface area contributed by atoms with Gasteiger partial charge in [0.05, 0.1) is 12.0 Å². The molecule has 0 aromatic heterocycles. The maximum atomic E-state index is 12.1. The van der Waals surface area contributed by atoms with E-state index in [1.165, 1.54) is 5.56 Å². The smallest absolute Gasteiger partial charge is 0.311 e. The lowest BCUT2D eigenvalue weighted by Crippen LogP contribution is -2.49. The Morgan fingerprint density at radius 2 is 2.05 bits per heavy atom. The second-order valence-corrected chi connectivity index (χ2v) is 6.07. The highest BCUT2D eigenvalue weighted by Gasteiger charge is 2.39. The molecule has 1 heterocycles.